The number of hydrogen-bond donors (Lipinski definition) is 1. The molecule has 4 rings (SSSR count). The van der Waals surface area contributed by atoms with Crippen molar-refractivity contribution in [1.29, 1.82) is 0 Å². The molecular formula is C17H10F2N6O2. The van der Waals surface area contributed by atoms with Crippen molar-refractivity contribution in [3.05, 3.63) is 76.9 Å². The first kappa shape index (κ1) is 16.5. The van der Waals surface area contributed by atoms with Gasteiger partial charge in [0.1, 0.15) is 24.3 Å². The number of rotatable bonds is 4. The van der Waals surface area contributed by atoms with Crippen molar-refractivity contribution in [1.82, 2.24) is 19.5 Å². The fourth-order valence-electron chi connectivity index (χ4n) is 2.65. The molecule has 10 heteroatoms. The lowest BCUT2D eigenvalue weighted by Crippen LogP contribution is -2.08. The first-order chi connectivity index (χ1) is 13.0. The number of anilines is 2. The zero-order valence-corrected chi connectivity index (χ0v) is 13.5. The van der Waals surface area contributed by atoms with Crippen molar-refractivity contribution < 1.29 is 13.7 Å². The first-order valence-electron chi connectivity index (χ1n) is 7.68. The molecule has 2 aromatic heterocycles. The number of nitrogens with one attached hydrogen (secondary N) is 1. The molecule has 134 valence electrons. The molecule has 0 saturated heterocycles. The van der Waals surface area contributed by atoms with Crippen LogP contribution in [0, 0.1) is 21.7 Å². The van der Waals surface area contributed by atoms with E-state index in [1.54, 1.807) is 24.3 Å². The second-order valence-corrected chi connectivity index (χ2v) is 5.50. The van der Waals surface area contributed by atoms with Crippen LogP contribution in [0.5, 0.6) is 0 Å². The Morgan fingerprint density at radius 3 is 2.67 bits per heavy atom. The molecule has 0 aliphatic carbocycles. The number of fused-ring (bicyclic) bond motifs is 1. The third-order valence-electron chi connectivity index (χ3n) is 3.85. The molecule has 0 atom stereocenters. The molecule has 27 heavy (non-hydrogen) atoms. The average Bonchev–Trinajstić information content (AvgIpc) is 3.07. The van der Waals surface area contributed by atoms with Crippen LogP contribution in [0.15, 0.2) is 55.1 Å². The zero-order valence-electron chi connectivity index (χ0n) is 13.5. The maximum Gasteiger partial charge on any atom is 0.354 e. The van der Waals surface area contributed by atoms with Crippen LogP contribution in [0.3, 0.4) is 0 Å². The highest BCUT2D eigenvalue weighted by Crippen LogP contribution is 2.32. The van der Waals surface area contributed by atoms with Gasteiger partial charge in [-0.25, -0.2) is 23.7 Å². The van der Waals surface area contributed by atoms with Gasteiger partial charge in [-0.3, -0.25) is 14.7 Å². The third kappa shape index (κ3) is 2.92. The number of nitro groups is 1. The predicted molar refractivity (Wildman–Crippen MR) is 93.0 cm³/mol. The highest BCUT2D eigenvalue weighted by Gasteiger charge is 2.26. The Kier molecular flexibility index (Phi) is 3.92. The van der Waals surface area contributed by atoms with Crippen LogP contribution < -0.4 is 5.32 Å². The van der Waals surface area contributed by atoms with Crippen LogP contribution in [-0.4, -0.2) is 24.4 Å². The van der Waals surface area contributed by atoms with Crippen LogP contribution in [0.4, 0.5) is 26.0 Å². The molecule has 0 radical (unpaired) electrons. The van der Waals surface area contributed by atoms with E-state index in [1.165, 1.54) is 10.9 Å². The van der Waals surface area contributed by atoms with E-state index < -0.39 is 22.2 Å². The summed E-state index contributed by atoms with van der Waals surface area (Å²) in [5, 5.41) is 14.2. The lowest BCUT2D eigenvalue weighted by Gasteiger charge is -2.10. The topological polar surface area (TPSA) is 98.8 Å². The summed E-state index contributed by atoms with van der Waals surface area (Å²) in [6, 6.07) is 9.87. The smallest absolute Gasteiger partial charge is 0.332 e. The summed E-state index contributed by atoms with van der Waals surface area (Å²) in [7, 11) is 0. The van der Waals surface area contributed by atoms with Gasteiger partial charge in [-0.2, -0.15) is 0 Å². The summed E-state index contributed by atoms with van der Waals surface area (Å²) in [6.07, 6.45) is 2.52. The summed E-state index contributed by atoms with van der Waals surface area (Å²) in [4.78, 5) is 23.1. The summed E-state index contributed by atoms with van der Waals surface area (Å²) >= 11 is 0. The molecular weight excluding hydrogens is 358 g/mol. The van der Waals surface area contributed by atoms with Gasteiger partial charge in [-0.05, 0) is 24.3 Å². The predicted octanol–water partition coefficient (Wildman–Crippen LogP) is 3.75. The largest absolute Gasteiger partial charge is 0.354 e. The van der Waals surface area contributed by atoms with Crippen LogP contribution in [0.2, 0.25) is 0 Å². The first-order valence-corrected chi connectivity index (χ1v) is 7.68. The lowest BCUT2D eigenvalue weighted by molar-refractivity contribution is -0.384. The number of aromatic nitrogens is 4. The minimum absolute atomic E-state index is 0.0336. The van der Waals surface area contributed by atoms with Gasteiger partial charge in [0.25, 0.3) is 0 Å². The van der Waals surface area contributed by atoms with Gasteiger partial charge in [0, 0.05) is 6.07 Å². The molecule has 0 aliphatic heterocycles. The van der Waals surface area contributed by atoms with Crippen molar-refractivity contribution in [3.8, 4) is 5.82 Å². The second kappa shape index (κ2) is 6.41. The molecule has 1 N–H and O–H groups in total. The Morgan fingerprint density at radius 1 is 1.07 bits per heavy atom. The summed E-state index contributed by atoms with van der Waals surface area (Å²) in [5.41, 5.74) is 0.617. The number of halogens is 2. The van der Waals surface area contributed by atoms with Crippen molar-refractivity contribution >= 4 is 28.2 Å². The van der Waals surface area contributed by atoms with Gasteiger partial charge in [0.05, 0.1) is 21.6 Å². The molecule has 0 spiro atoms. The number of imidazole rings is 1. The van der Waals surface area contributed by atoms with Crippen LogP contribution in [0.25, 0.3) is 16.9 Å². The molecule has 0 bridgehead atoms. The van der Waals surface area contributed by atoms with Gasteiger partial charge in [0.15, 0.2) is 0 Å². The monoisotopic (exact) mass is 368 g/mol. The van der Waals surface area contributed by atoms with Gasteiger partial charge in [0.2, 0.25) is 11.6 Å². The standard InChI is InChI=1S/C17H10F2N6O2/c18-10-5-6-12(11(19)7-10)23-16-15(25(26)27)17(21-8-20-16)24-9-22-13-3-1-2-4-14(13)24/h1-9H,(H,20,21,23). The van der Waals surface area contributed by atoms with Crippen molar-refractivity contribution in [2.24, 2.45) is 0 Å². The minimum Gasteiger partial charge on any atom is -0.332 e. The fraction of sp³-hybridized carbons (Fsp3) is 0. The SMILES string of the molecule is O=[N+]([O-])c1c(Nc2ccc(F)cc2F)ncnc1-n1cnc2ccccc21. The molecule has 0 aliphatic rings. The molecule has 0 fully saturated rings. The van der Waals surface area contributed by atoms with Crippen molar-refractivity contribution in [2.45, 2.75) is 0 Å². The van der Waals surface area contributed by atoms with Crippen LogP contribution >= 0.6 is 0 Å². The number of benzene rings is 2. The third-order valence-corrected chi connectivity index (χ3v) is 3.85. The molecule has 2 heterocycles. The molecule has 4 aromatic rings. The van der Waals surface area contributed by atoms with E-state index >= 15 is 0 Å². The second-order valence-electron chi connectivity index (χ2n) is 5.50. The van der Waals surface area contributed by atoms with E-state index in [9.17, 15) is 18.9 Å². The maximum atomic E-state index is 13.9. The highest BCUT2D eigenvalue weighted by atomic mass is 19.1. The van der Waals surface area contributed by atoms with E-state index in [0.29, 0.717) is 17.1 Å². The molecule has 8 nitrogen and oxygen atoms in total. The van der Waals surface area contributed by atoms with Gasteiger partial charge in [-0.1, -0.05) is 12.1 Å². The Labute approximate surface area is 150 Å². The van der Waals surface area contributed by atoms with Crippen molar-refractivity contribution in [2.75, 3.05) is 5.32 Å². The number of hydrogen-bond acceptors (Lipinski definition) is 6. The maximum absolute atomic E-state index is 13.9. The van der Waals surface area contributed by atoms with Gasteiger partial charge >= 0.3 is 5.69 Å². The van der Waals surface area contributed by atoms with Gasteiger partial charge < -0.3 is 5.32 Å². The van der Waals surface area contributed by atoms with E-state index in [2.05, 4.69) is 20.3 Å². The van der Waals surface area contributed by atoms with E-state index in [-0.39, 0.29) is 17.3 Å². The molecule has 0 unspecified atom stereocenters. The average molecular weight is 368 g/mol. The number of para-hydroxylation sites is 2. The van der Waals surface area contributed by atoms with E-state index in [4.69, 9.17) is 0 Å². The van der Waals surface area contributed by atoms with Crippen molar-refractivity contribution in [3.63, 3.8) is 0 Å². The van der Waals surface area contributed by atoms with E-state index in [0.717, 1.165) is 18.5 Å². The Hall–Kier alpha value is -3.95. The Morgan fingerprint density at radius 2 is 1.89 bits per heavy atom. The summed E-state index contributed by atoms with van der Waals surface area (Å²) in [5.74, 6) is -1.93. The quantitative estimate of drug-likeness (QED) is 0.435. The fourth-order valence-corrected chi connectivity index (χ4v) is 2.65. The molecule has 2 aromatic carbocycles. The zero-order chi connectivity index (χ0) is 19.0. The Bertz CT molecular complexity index is 1180. The van der Waals surface area contributed by atoms with E-state index in [1.807, 2.05) is 0 Å². The van der Waals surface area contributed by atoms with Crippen LogP contribution in [0.1, 0.15) is 0 Å². The summed E-state index contributed by atoms with van der Waals surface area (Å²) in [6.45, 7) is 0. The normalized spacial score (nSPS) is 10.9. The Balaban J connectivity index is 1.87. The van der Waals surface area contributed by atoms with Gasteiger partial charge in [-0.15, -0.1) is 0 Å². The van der Waals surface area contributed by atoms with Crippen LogP contribution in [-0.2, 0) is 0 Å². The highest BCUT2D eigenvalue weighted by molar-refractivity contribution is 5.79. The molecule has 0 saturated carbocycles. The minimum atomic E-state index is -0.905. The summed E-state index contributed by atoms with van der Waals surface area (Å²) < 4.78 is 28.4. The number of nitrogens with zero attached hydrogens (tertiary/aromatic N) is 5. The lowest BCUT2D eigenvalue weighted by atomic mass is 10.3. The molecule has 0 amide bonds.